The van der Waals surface area contributed by atoms with Crippen molar-refractivity contribution in [2.75, 3.05) is 13.1 Å². The van der Waals surface area contributed by atoms with E-state index in [1.165, 1.54) is 12.1 Å². The molecule has 0 radical (unpaired) electrons. The van der Waals surface area contributed by atoms with Gasteiger partial charge in [-0.3, -0.25) is 4.90 Å². The molecule has 3 rings (SSSR count). The van der Waals surface area contributed by atoms with E-state index < -0.39 is 0 Å². The molecule has 108 valence electrons. The number of hydrogen-bond acceptors (Lipinski definition) is 5. The van der Waals surface area contributed by atoms with Gasteiger partial charge in [0, 0.05) is 18.7 Å². The van der Waals surface area contributed by atoms with Gasteiger partial charge in [0.25, 0.3) is 0 Å². The highest BCUT2D eigenvalue weighted by atomic mass is 19.1. The van der Waals surface area contributed by atoms with Crippen LogP contribution in [0.15, 0.2) is 22.7 Å². The molecule has 1 unspecified atom stereocenters. The first-order valence-corrected chi connectivity index (χ1v) is 6.87. The van der Waals surface area contributed by atoms with Crippen molar-refractivity contribution in [1.29, 1.82) is 5.26 Å². The Hall–Kier alpha value is -2.26. The van der Waals surface area contributed by atoms with Gasteiger partial charge in [0.05, 0.1) is 17.6 Å². The standard InChI is InChI=1S/C15H15FN4O/c1-10-18-15(21-19-10)12-4-5-20(8-12)9-13-6-11(7-17)2-3-14(13)16/h2-3,6,12H,4-5,8-9H2,1H3. The molecule has 1 saturated heterocycles. The van der Waals surface area contributed by atoms with Crippen molar-refractivity contribution in [3.8, 4) is 6.07 Å². The number of hydrogen-bond donors (Lipinski definition) is 0. The number of likely N-dealkylation sites (tertiary alicyclic amines) is 1. The van der Waals surface area contributed by atoms with Gasteiger partial charge in [0.1, 0.15) is 5.82 Å². The summed E-state index contributed by atoms with van der Waals surface area (Å²) < 4.78 is 19.0. The molecular formula is C15H15FN4O. The molecule has 1 aromatic heterocycles. The monoisotopic (exact) mass is 286 g/mol. The molecule has 0 bridgehead atoms. The van der Waals surface area contributed by atoms with Crippen molar-refractivity contribution in [1.82, 2.24) is 15.0 Å². The van der Waals surface area contributed by atoms with Crippen molar-refractivity contribution in [3.63, 3.8) is 0 Å². The predicted octanol–water partition coefficient (Wildman–Crippen LogP) is 2.38. The highest BCUT2D eigenvalue weighted by Gasteiger charge is 2.28. The Morgan fingerprint density at radius 2 is 2.38 bits per heavy atom. The molecule has 1 fully saturated rings. The second-order valence-corrected chi connectivity index (χ2v) is 5.32. The summed E-state index contributed by atoms with van der Waals surface area (Å²) in [7, 11) is 0. The fraction of sp³-hybridized carbons (Fsp3) is 0.400. The maximum absolute atomic E-state index is 13.8. The van der Waals surface area contributed by atoms with E-state index in [1.54, 1.807) is 13.0 Å². The van der Waals surface area contributed by atoms with Crippen LogP contribution in [0.4, 0.5) is 4.39 Å². The second-order valence-electron chi connectivity index (χ2n) is 5.32. The number of nitriles is 1. The normalized spacial score (nSPS) is 18.8. The van der Waals surface area contributed by atoms with Gasteiger partial charge in [-0.25, -0.2) is 4.39 Å². The van der Waals surface area contributed by atoms with Crippen LogP contribution in [0.3, 0.4) is 0 Å². The lowest BCUT2D eigenvalue weighted by Gasteiger charge is -2.15. The number of nitrogens with zero attached hydrogens (tertiary/aromatic N) is 4. The fourth-order valence-electron chi connectivity index (χ4n) is 2.66. The molecular weight excluding hydrogens is 271 g/mol. The van der Waals surface area contributed by atoms with Crippen LogP contribution in [0, 0.1) is 24.1 Å². The molecule has 0 saturated carbocycles. The molecule has 21 heavy (non-hydrogen) atoms. The maximum Gasteiger partial charge on any atom is 0.231 e. The smallest absolute Gasteiger partial charge is 0.231 e. The van der Waals surface area contributed by atoms with Crippen LogP contribution in [0.1, 0.15) is 35.2 Å². The Balaban J connectivity index is 1.69. The number of aryl methyl sites for hydroxylation is 1. The molecule has 2 aromatic rings. The van der Waals surface area contributed by atoms with Gasteiger partial charge in [-0.1, -0.05) is 5.16 Å². The molecule has 2 heterocycles. The van der Waals surface area contributed by atoms with Gasteiger partial charge < -0.3 is 4.52 Å². The van der Waals surface area contributed by atoms with Crippen molar-refractivity contribution in [3.05, 3.63) is 46.9 Å². The van der Waals surface area contributed by atoms with E-state index in [2.05, 4.69) is 15.0 Å². The molecule has 0 N–H and O–H groups in total. The first-order chi connectivity index (χ1) is 10.2. The van der Waals surface area contributed by atoms with Crippen molar-refractivity contribution >= 4 is 0 Å². The Labute approximate surface area is 122 Å². The number of rotatable bonds is 3. The maximum atomic E-state index is 13.8. The molecule has 6 heteroatoms. The van der Waals surface area contributed by atoms with Gasteiger partial charge in [0.2, 0.25) is 5.89 Å². The minimum absolute atomic E-state index is 0.202. The topological polar surface area (TPSA) is 66.0 Å². The lowest BCUT2D eigenvalue weighted by atomic mass is 10.1. The summed E-state index contributed by atoms with van der Waals surface area (Å²) in [6, 6.07) is 6.49. The van der Waals surface area contributed by atoms with E-state index in [0.717, 1.165) is 19.5 Å². The predicted molar refractivity (Wildman–Crippen MR) is 72.8 cm³/mol. The zero-order chi connectivity index (χ0) is 14.8. The van der Waals surface area contributed by atoms with Crippen molar-refractivity contribution in [2.24, 2.45) is 0 Å². The first kappa shape index (κ1) is 13.7. The minimum atomic E-state index is -0.272. The summed E-state index contributed by atoms with van der Waals surface area (Å²) >= 11 is 0. The summed E-state index contributed by atoms with van der Waals surface area (Å²) in [6.07, 6.45) is 0.918. The summed E-state index contributed by atoms with van der Waals surface area (Å²) in [5, 5.41) is 12.7. The molecule has 1 atom stereocenters. The van der Waals surface area contributed by atoms with Crippen LogP contribution in [0.2, 0.25) is 0 Å². The summed E-state index contributed by atoms with van der Waals surface area (Å²) in [6.45, 7) is 3.90. The molecule has 1 aliphatic rings. The zero-order valence-corrected chi connectivity index (χ0v) is 11.7. The van der Waals surface area contributed by atoms with Crippen LogP contribution in [0.25, 0.3) is 0 Å². The van der Waals surface area contributed by atoms with Gasteiger partial charge in [-0.05, 0) is 38.1 Å². The Morgan fingerprint density at radius 1 is 1.52 bits per heavy atom. The Morgan fingerprint density at radius 3 is 3.10 bits per heavy atom. The highest BCUT2D eigenvalue weighted by Crippen LogP contribution is 2.27. The average molecular weight is 286 g/mol. The van der Waals surface area contributed by atoms with Gasteiger partial charge in [0.15, 0.2) is 5.82 Å². The third-order valence-corrected chi connectivity index (χ3v) is 3.73. The molecule has 5 nitrogen and oxygen atoms in total. The fourth-order valence-corrected chi connectivity index (χ4v) is 2.66. The molecule has 0 amide bonds. The number of benzene rings is 1. The van der Waals surface area contributed by atoms with Crippen LogP contribution in [-0.2, 0) is 6.54 Å². The van der Waals surface area contributed by atoms with E-state index in [4.69, 9.17) is 9.78 Å². The zero-order valence-electron chi connectivity index (χ0n) is 11.7. The molecule has 1 aliphatic heterocycles. The van der Waals surface area contributed by atoms with Crippen LogP contribution in [0.5, 0.6) is 0 Å². The van der Waals surface area contributed by atoms with E-state index >= 15 is 0 Å². The largest absolute Gasteiger partial charge is 0.339 e. The van der Waals surface area contributed by atoms with Gasteiger partial charge >= 0.3 is 0 Å². The third kappa shape index (κ3) is 2.93. The number of halogens is 1. The van der Waals surface area contributed by atoms with Crippen LogP contribution < -0.4 is 0 Å². The lowest BCUT2D eigenvalue weighted by Crippen LogP contribution is -2.20. The van der Waals surface area contributed by atoms with Crippen molar-refractivity contribution in [2.45, 2.75) is 25.8 Å². The van der Waals surface area contributed by atoms with Gasteiger partial charge in [-0.2, -0.15) is 10.2 Å². The molecule has 0 aliphatic carbocycles. The Kier molecular flexibility index (Phi) is 3.67. The second kappa shape index (κ2) is 5.62. The van der Waals surface area contributed by atoms with Crippen LogP contribution in [-0.4, -0.2) is 28.1 Å². The Bertz CT molecular complexity index is 691. The highest BCUT2D eigenvalue weighted by molar-refractivity contribution is 5.33. The minimum Gasteiger partial charge on any atom is -0.339 e. The SMILES string of the molecule is Cc1noc(C2CCN(Cc3cc(C#N)ccc3F)C2)n1. The summed E-state index contributed by atoms with van der Waals surface area (Å²) in [5.41, 5.74) is 1.03. The van der Waals surface area contributed by atoms with E-state index in [0.29, 0.717) is 29.4 Å². The third-order valence-electron chi connectivity index (χ3n) is 3.73. The van der Waals surface area contributed by atoms with Gasteiger partial charge in [-0.15, -0.1) is 0 Å². The van der Waals surface area contributed by atoms with E-state index in [1.807, 2.05) is 6.07 Å². The first-order valence-electron chi connectivity index (χ1n) is 6.87. The van der Waals surface area contributed by atoms with Crippen LogP contribution >= 0.6 is 0 Å². The summed E-state index contributed by atoms with van der Waals surface area (Å²) in [5.74, 6) is 1.22. The lowest BCUT2D eigenvalue weighted by molar-refractivity contribution is 0.305. The molecule has 0 spiro atoms. The average Bonchev–Trinajstić information content (AvgIpc) is 3.10. The molecule has 1 aromatic carbocycles. The quantitative estimate of drug-likeness (QED) is 0.866. The van der Waals surface area contributed by atoms with E-state index in [-0.39, 0.29) is 11.7 Å². The van der Waals surface area contributed by atoms with E-state index in [9.17, 15) is 4.39 Å². The number of aromatic nitrogens is 2. The van der Waals surface area contributed by atoms with Crippen molar-refractivity contribution < 1.29 is 8.91 Å². The summed E-state index contributed by atoms with van der Waals surface area (Å²) in [4.78, 5) is 6.40.